The minimum absolute atomic E-state index is 0.187. The van der Waals surface area contributed by atoms with Crippen LogP contribution in [0.3, 0.4) is 0 Å². The molecule has 6 heteroatoms. The number of hydrogen-bond donors (Lipinski definition) is 3. The minimum Gasteiger partial charge on any atom is -0.363 e. The molecule has 0 bridgehead atoms. The van der Waals surface area contributed by atoms with Crippen molar-refractivity contribution in [2.75, 3.05) is 0 Å². The molecule has 3 N–H and O–H groups in total. The van der Waals surface area contributed by atoms with Crippen LogP contribution in [-0.2, 0) is 0 Å². The third kappa shape index (κ3) is 0.936. The molecule has 0 unspecified atom stereocenters. The maximum atomic E-state index is 8.83. The van der Waals surface area contributed by atoms with Crippen molar-refractivity contribution < 1.29 is 10.2 Å². The van der Waals surface area contributed by atoms with Gasteiger partial charge in [0.15, 0.2) is 6.29 Å². The molecule has 0 aliphatic heterocycles. The van der Waals surface area contributed by atoms with Gasteiger partial charge >= 0.3 is 0 Å². The number of hydrogen-bond acceptors (Lipinski definition) is 5. The maximum Gasteiger partial charge on any atom is 0.197 e. The van der Waals surface area contributed by atoms with Gasteiger partial charge in [-0.15, -0.1) is 0 Å². The van der Waals surface area contributed by atoms with Gasteiger partial charge in [-0.2, -0.15) is 5.10 Å². The number of H-pyrrole nitrogens is 1. The summed E-state index contributed by atoms with van der Waals surface area (Å²) >= 11 is 0. The van der Waals surface area contributed by atoms with Crippen LogP contribution in [0.15, 0.2) is 12.5 Å². The zero-order chi connectivity index (χ0) is 8.55. The van der Waals surface area contributed by atoms with Crippen LogP contribution in [0.4, 0.5) is 0 Å². The molecule has 0 aromatic carbocycles. The number of fused-ring (bicyclic) bond motifs is 1. The Bertz CT molecular complexity index is 397. The Morgan fingerprint density at radius 2 is 2.25 bits per heavy atom. The predicted molar refractivity (Wildman–Crippen MR) is 38.9 cm³/mol. The molecule has 2 rings (SSSR count). The highest BCUT2D eigenvalue weighted by Gasteiger charge is 2.11. The highest BCUT2D eigenvalue weighted by molar-refractivity contribution is 5.75. The number of aliphatic hydroxyl groups is 2. The third-order valence-electron chi connectivity index (χ3n) is 1.50. The van der Waals surface area contributed by atoms with Crippen molar-refractivity contribution >= 4 is 11.0 Å². The van der Waals surface area contributed by atoms with Crippen LogP contribution in [0.2, 0.25) is 0 Å². The molecule has 62 valence electrons. The van der Waals surface area contributed by atoms with Crippen LogP contribution in [0.1, 0.15) is 12.0 Å². The summed E-state index contributed by atoms with van der Waals surface area (Å²) in [5, 5.41) is 23.9. The topological polar surface area (TPSA) is 94.9 Å². The normalized spacial score (nSPS) is 11.2. The van der Waals surface area contributed by atoms with E-state index in [-0.39, 0.29) is 5.69 Å². The van der Waals surface area contributed by atoms with Crippen LogP contribution in [0.5, 0.6) is 0 Å². The number of rotatable bonds is 1. The highest BCUT2D eigenvalue weighted by Crippen LogP contribution is 2.15. The van der Waals surface area contributed by atoms with Gasteiger partial charge < -0.3 is 10.2 Å². The number of aliphatic hydroxyl groups excluding tert-OH is 1. The van der Waals surface area contributed by atoms with E-state index >= 15 is 0 Å². The zero-order valence-electron chi connectivity index (χ0n) is 5.97. The Balaban J connectivity index is 2.70. The molecule has 0 atom stereocenters. The van der Waals surface area contributed by atoms with E-state index in [1.807, 2.05) is 0 Å². The molecule has 0 fully saturated rings. The molecule has 2 heterocycles. The van der Waals surface area contributed by atoms with Gasteiger partial charge in [0.05, 0.1) is 6.20 Å². The molecular formula is C6H6N4O2. The summed E-state index contributed by atoms with van der Waals surface area (Å²) in [5.74, 6) is 0. The molecule has 0 amide bonds. The maximum absolute atomic E-state index is 8.83. The van der Waals surface area contributed by atoms with E-state index in [0.717, 1.165) is 0 Å². The lowest BCUT2D eigenvalue weighted by atomic mass is 10.3. The summed E-state index contributed by atoms with van der Waals surface area (Å²) in [4.78, 5) is 7.57. The monoisotopic (exact) mass is 166 g/mol. The van der Waals surface area contributed by atoms with Crippen molar-refractivity contribution in [1.29, 1.82) is 0 Å². The van der Waals surface area contributed by atoms with Crippen molar-refractivity contribution in [2.24, 2.45) is 0 Å². The molecule has 0 aliphatic carbocycles. The van der Waals surface area contributed by atoms with Gasteiger partial charge in [-0.25, -0.2) is 9.97 Å². The second-order valence-corrected chi connectivity index (χ2v) is 2.27. The molecule has 0 saturated carbocycles. The van der Waals surface area contributed by atoms with E-state index in [4.69, 9.17) is 10.2 Å². The SMILES string of the molecule is OC(O)c1[nH]nc2cncnc12. The summed E-state index contributed by atoms with van der Waals surface area (Å²) in [6.45, 7) is 0. The second-order valence-electron chi connectivity index (χ2n) is 2.27. The number of nitrogens with one attached hydrogen (secondary N) is 1. The summed E-state index contributed by atoms with van der Waals surface area (Å²) in [7, 11) is 0. The fourth-order valence-electron chi connectivity index (χ4n) is 0.965. The van der Waals surface area contributed by atoms with Crippen molar-refractivity contribution in [1.82, 2.24) is 20.2 Å². The van der Waals surface area contributed by atoms with Gasteiger partial charge in [-0.1, -0.05) is 0 Å². The first-order chi connectivity index (χ1) is 5.79. The van der Waals surface area contributed by atoms with Gasteiger partial charge in [-0.3, -0.25) is 5.10 Å². The molecule has 6 nitrogen and oxygen atoms in total. The van der Waals surface area contributed by atoms with Crippen LogP contribution in [0.25, 0.3) is 11.0 Å². The Hall–Kier alpha value is -1.53. The van der Waals surface area contributed by atoms with Crippen LogP contribution in [0, 0.1) is 0 Å². The Kier molecular flexibility index (Phi) is 1.49. The Morgan fingerprint density at radius 1 is 1.42 bits per heavy atom. The summed E-state index contributed by atoms with van der Waals surface area (Å²) in [5.41, 5.74) is 1.13. The van der Waals surface area contributed by atoms with Gasteiger partial charge in [-0.05, 0) is 0 Å². The van der Waals surface area contributed by atoms with Gasteiger partial charge in [0, 0.05) is 0 Å². The van der Waals surface area contributed by atoms with Crippen LogP contribution in [-0.4, -0.2) is 30.4 Å². The predicted octanol–water partition coefficient (Wildman–Crippen LogP) is -0.664. The molecule has 0 saturated heterocycles. The molecule has 0 radical (unpaired) electrons. The molecule has 2 aromatic rings. The fourth-order valence-corrected chi connectivity index (χ4v) is 0.965. The number of aromatic amines is 1. The van der Waals surface area contributed by atoms with Crippen LogP contribution < -0.4 is 0 Å². The van der Waals surface area contributed by atoms with E-state index in [1.165, 1.54) is 12.5 Å². The number of nitrogens with zero attached hydrogens (tertiary/aromatic N) is 3. The first kappa shape index (κ1) is 7.14. The number of aromatic nitrogens is 4. The molecule has 0 aliphatic rings. The molecular weight excluding hydrogens is 160 g/mol. The lowest BCUT2D eigenvalue weighted by Gasteiger charge is -1.97. The van der Waals surface area contributed by atoms with E-state index < -0.39 is 6.29 Å². The van der Waals surface area contributed by atoms with E-state index in [1.54, 1.807) is 0 Å². The Labute approximate surface area is 66.9 Å². The van der Waals surface area contributed by atoms with Gasteiger partial charge in [0.25, 0.3) is 0 Å². The van der Waals surface area contributed by atoms with Gasteiger partial charge in [0.2, 0.25) is 0 Å². The summed E-state index contributed by atoms with van der Waals surface area (Å²) in [6.07, 6.45) is 1.24. The van der Waals surface area contributed by atoms with E-state index in [9.17, 15) is 0 Å². The lowest BCUT2D eigenvalue weighted by molar-refractivity contribution is -0.0448. The minimum atomic E-state index is -1.58. The van der Waals surface area contributed by atoms with Crippen molar-refractivity contribution in [3.05, 3.63) is 18.2 Å². The summed E-state index contributed by atoms with van der Waals surface area (Å²) in [6, 6.07) is 0. The van der Waals surface area contributed by atoms with Crippen molar-refractivity contribution in [3.8, 4) is 0 Å². The standard InChI is InChI=1S/C6H6N4O2/c11-6(12)5-4-3(9-10-5)1-7-2-8-4/h1-2,6,11-12H,(H,9,10). The highest BCUT2D eigenvalue weighted by atomic mass is 16.5. The van der Waals surface area contributed by atoms with Crippen molar-refractivity contribution in [2.45, 2.75) is 6.29 Å². The smallest absolute Gasteiger partial charge is 0.197 e. The first-order valence-corrected chi connectivity index (χ1v) is 3.29. The molecule has 0 spiro atoms. The second kappa shape index (κ2) is 2.50. The average Bonchev–Trinajstić information content (AvgIpc) is 2.47. The van der Waals surface area contributed by atoms with Crippen molar-refractivity contribution in [3.63, 3.8) is 0 Å². The zero-order valence-corrected chi connectivity index (χ0v) is 5.97. The Morgan fingerprint density at radius 3 is 3.00 bits per heavy atom. The lowest BCUT2D eigenvalue weighted by Crippen LogP contribution is -1.96. The van der Waals surface area contributed by atoms with Gasteiger partial charge in [0.1, 0.15) is 23.1 Å². The largest absolute Gasteiger partial charge is 0.363 e. The molecule has 12 heavy (non-hydrogen) atoms. The fraction of sp³-hybridized carbons (Fsp3) is 0.167. The van der Waals surface area contributed by atoms with Crippen LogP contribution >= 0.6 is 0 Å². The summed E-state index contributed by atoms with van der Waals surface area (Å²) < 4.78 is 0. The van der Waals surface area contributed by atoms with E-state index in [2.05, 4.69) is 20.2 Å². The molecule has 2 aromatic heterocycles. The third-order valence-corrected chi connectivity index (χ3v) is 1.50. The average molecular weight is 166 g/mol. The van der Waals surface area contributed by atoms with E-state index in [0.29, 0.717) is 11.0 Å². The first-order valence-electron chi connectivity index (χ1n) is 3.29. The quantitative estimate of drug-likeness (QED) is 0.488.